The van der Waals surface area contributed by atoms with Crippen LogP contribution in [-0.4, -0.2) is 47.8 Å². The molecular weight excluding hydrogens is 424 g/mol. The molecule has 2 heterocycles. The third-order valence-electron chi connectivity index (χ3n) is 6.07. The average molecular weight is 444 g/mol. The van der Waals surface area contributed by atoms with Crippen LogP contribution in [0.1, 0.15) is 34.3 Å². The molecule has 2 aliphatic heterocycles. The van der Waals surface area contributed by atoms with Gasteiger partial charge in [-0.05, 0) is 61.4 Å². The number of hydrogen-bond acceptors (Lipinski definition) is 2. The second-order valence-electron chi connectivity index (χ2n) is 8.29. The topological polar surface area (TPSA) is 40.6 Å². The van der Waals surface area contributed by atoms with Crippen LogP contribution in [0.2, 0.25) is 0 Å². The Bertz CT molecular complexity index is 1070. The van der Waals surface area contributed by atoms with Gasteiger partial charge in [0.15, 0.2) is 0 Å². The third-order valence-corrected chi connectivity index (χ3v) is 6.07. The summed E-state index contributed by atoms with van der Waals surface area (Å²) < 4.78 is 51.0. The van der Waals surface area contributed by atoms with Crippen molar-refractivity contribution in [3.05, 3.63) is 71.0 Å². The SMILES string of the molecule is O=C(C#Cc1ccc(F)cc1)N1CC2(CCN(C(=O)c3ccc(C(F)(F)F)cc3)CC2)C1. The molecule has 0 aromatic heterocycles. The highest BCUT2D eigenvalue weighted by atomic mass is 19.4. The highest BCUT2D eigenvalue weighted by Crippen LogP contribution is 2.40. The maximum absolute atomic E-state index is 12.9. The summed E-state index contributed by atoms with van der Waals surface area (Å²) in [5, 5.41) is 0. The van der Waals surface area contributed by atoms with Crippen LogP contribution >= 0.6 is 0 Å². The van der Waals surface area contributed by atoms with E-state index >= 15 is 0 Å². The van der Waals surface area contributed by atoms with Crippen molar-refractivity contribution in [2.45, 2.75) is 19.0 Å². The number of carbonyl (C=O) groups is 2. The maximum Gasteiger partial charge on any atom is 0.416 e. The molecule has 0 unspecified atom stereocenters. The summed E-state index contributed by atoms with van der Waals surface area (Å²) in [6, 6.07) is 9.84. The van der Waals surface area contributed by atoms with E-state index in [0.717, 1.165) is 12.1 Å². The first-order chi connectivity index (χ1) is 15.2. The molecule has 0 N–H and O–H groups in total. The molecule has 2 amide bonds. The van der Waals surface area contributed by atoms with Crippen molar-refractivity contribution >= 4 is 11.8 Å². The third kappa shape index (κ3) is 4.62. The van der Waals surface area contributed by atoms with E-state index in [1.54, 1.807) is 9.80 Å². The van der Waals surface area contributed by atoms with E-state index < -0.39 is 11.7 Å². The lowest BCUT2D eigenvalue weighted by Crippen LogP contribution is -2.62. The first-order valence-corrected chi connectivity index (χ1v) is 10.2. The van der Waals surface area contributed by atoms with Crippen molar-refractivity contribution in [2.24, 2.45) is 5.41 Å². The highest BCUT2D eigenvalue weighted by Gasteiger charge is 2.47. The Morgan fingerprint density at radius 3 is 2.03 bits per heavy atom. The van der Waals surface area contributed by atoms with Gasteiger partial charge in [0.2, 0.25) is 0 Å². The number of benzene rings is 2. The van der Waals surface area contributed by atoms with Crippen LogP contribution in [0, 0.1) is 23.1 Å². The molecule has 1 spiro atoms. The molecule has 4 rings (SSSR count). The fourth-order valence-electron chi connectivity index (χ4n) is 4.13. The fraction of sp³-hybridized carbons (Fsp3) is 0.333. The van der Waals surface area contributed by atoms with Gasteiger partial charge in [0.05, 0.1) is 5.56 Å². The molecular formula is C24H20F4N2O2. The van der Waals surface area contributed by atoms with E-state index in [1.165, 1.54) is 36.4 Å². The summed E-state index contributed by atoms with van der Waals surface area (Å²) in [5.41, 5.74) is -0.0432. The van der Waals surface area contributed by atoms with Crippen molar-refractivity contribution in [3.8, 4) is 11.8 Å². The number of likely N-dealkylation sites (tertiary alicyclic amines) is 2. The molecule has 0 bridgehead atoms. The van der Waals surface area contributed by atoms with Crippen LogP contribution in [-0.2, 0) is 11.0 Å². The van der Waals surface area contributed by atoms with Crippen LogP contribution in [0.15, 0.2) is 48.5 Å². The van der Waals surface area contributed by atoms with Crippen LogP contribution in [0.25, 0.3) is 0 Å². The lowest BCUT2D eigenvalue weighted by atomic mass is 9.72. The fourth-order valence-corrected chi connectivity index (χ4v) is 4.13. The molecule has 166 valence electrons. The van der Waals surface area contributed by atoms with Gasteiger partial charge in [-0.1, -0.05) is 5.92 Å². The summed E-state index contributed by atoms with van der Waals surface area (Å²) in [7, 11) is 0. The molecule has 0 aliphatic carbocycles. The summed E-state index contributed by atoms with van der Waals surface area (Å²) >= 11 is 0. The zero-order chi connectivity index (χ0) is 22.9. The van der Waals surface area contributed by atoms with Gasteiger partial charge in [0, 0.05) is 48.6 Å². The number of hydrogen-bond donors (Lipinski definition) is 0. The largest absolute Gasteiger partial charge is 0.416 e. The summed E-state index contributed by atoms with van der Waals surface area (Å²) in [4.78, 5) is 28.2. The Balaban J connectivity index is 1.28. The van der Waals surface area contributed by atoms with E-state index in [-0.39, 0.29) is 28.6 Å². The van der Waals surface area contributed by atoms with E-state index in [0.29, 0.717) is 44.6 Å². The average Bonchev–Trinajstić information content (AvgIpc) is 2.76. The minimum atomic E-state index is -4.43. The molecule has 2 aliphatic rings. The molecule has 32 heavy (non-hydrogen) atoms. The molecule has 2 saturated heterocycles. The van der Waals surface area contributed by atoms with Crippen LogP contribution in [0.4, 0.5) is 17.6 Å². The number of halogens is 4. The predicted molar refractivity (Wildman–Crippen MR) is 109 cm³/mol. The number of piperidine rings is 1. The molecule has 2 aromatic carbocycles. The van der Waals surface area contributed by atoms with Gasteiger partial charge in [-0.25, -0.2) is 4.39 Å². The van der Waals surface area contributed by atoms with Gasteiger partial charge in [-0.15, -0.1) is 0 Å². The van der Waals surface area contributed by atoms with Crippen LogP contribution in [0.3, 0.4) is 0 Å². The number of alkyl halides is 3. The lowest BCUT2D eigenvalue weighted by molar-refractivity contribution is -0.140. The monoisotopic (exact) mass is 444 g/mol. The minimum absolute atomic E-state index is 0.0515. The molecule has 0 saturated carbocycles. The normalized spacial score (nSPS) is 17.4. The molecule has 2 aromatic rings. The second-order valence-corrected chi connectivity index (χ2v) is 8.29. The number of carbonyl (C=O) groups excluding carboxylic acids is 2. The van der Waals surface area contributed by atoms with E-state index in [4.69, 9.17) is 0 Å². The zero-order valence-electron chi connectivity index (χ0n) is 17.1. The molecule has 4 nitrogen and oxygen atoms in total. The Morgan fingerprint density at radius 2 is 1.47 bits per heavy atom. The summed E-state index contributed by atoms with van der Waals surface area (Å²) in [6.07, 6.45) is -3.00. The number of nitrogens with zero attached hydrogens (tertiary/aromatic N) is 2. The zero-order valence-corrected chi connectivity index (χ0v) is 17.1. The first-order valence-electron chi connectivity index (χ1n) is 10.2. The van der Waals surface area contributed by atoms with Crippen molar-refractivity contribution in [3.63, 3.8) is 0 Å². The van der Waals surface area contributed by atoms with Crippen molar-refractivity contribution in [2.75, 3.05) is 26.2 Å². The van der Waals surface area contributed by atoms with Gasteiger partial charge in [0.25, 0.3) is 11.8 Å². The molecule has 0 atom stereocenters. The van der Waals surface area contributed by atoms with Gasteiger partial charge < -0.3 is 9.80 Å². The van der Waals surface area contributed by atoms with Crippen molar-refractivity contribution < 1.29 is 27.2 Å². The van der Waals surface area contributed by atoms with Crippen molar-refractivity contribution in [1.82, 2.24) is 9.80 Å². The molecule has 2 fully saturated rings. The van der Waals surface area contributed by atoms with Gasteiger partial charge in [0.1, 0.15) is 5.82 Å². The maximum atomic E-state index is 12.9. The van der Waals surface area contributed by atoms with Crippen LogP contribution < -0.4 is 0 Å². The van der Waals surface area contributed by atoms with Gasteiger partial charge in [-0.3, -0.25) is 9.59 Å². The standard InChI is InChI=1S/C24H20F4N2O2/c25-20-8-1-17(2-9-20)3-10-21(31)30-15-23(16-30)11-13-29(14-12-23)22(32)18-4-6-19(7-5-18)24(26,27)28/h1-2,4-9H,11-16H2. The smallest absolute Gasteiger partial charge is 0.339 e. The summed E-state index contributed by atoms with van der Waals surface area (Å²) in [5.74, 6) is 4.37. The minimum Gasteiger partial charge on any atom is -0.339 e. The summed E-state index contributed by atoms with van der Waals surface area (Å²) in [6.45, 7) is 2.10. The quantitative estimate of drug-likeness (QED) is 0.494. The Labute approximate surface area is 182 Å². The number of rotatable bonds is 1. The Morgan fingerprint density at radius 1 is 0.875 bits per heavy atom. The predicted octanol–water partition coefficient (Wildman–Crippen LogP) is 3.96. The first kappa shape index (κ1) is 21.9. The van der Waals surface area contributed by atoms with Gasteiger partial charge in [-0.2, -0.15) is 13.2 Å². The molecule has 8 heteroatoms. The Kier molecular flexibility index (Phi) is 5.68. The van der Waals surface area contributed by atoms with Crippen LogP contribution in [0.5, 0.6) is 0 Å². The molecule has 0 radical (unpaired) electrons. The second kappa shape index (κ2) is 8.30. The van der Waals surface area contributed by atoms with Gasteiger partial charge >= 0.3 is 6.18 Å². The Hall–Kier alpha value is -3.34. The van der Waals surface area contributed by atoms with E-state index in [2.05, 4.69) is 11.8 Å². The van der Waals surface area contributed by atoms with Crippen molar-refractivity contribution in [1.29, 1.82) is 0 Å². The highest BCUT2D eigenvalue weighted by molar-refractivity contribution is 5.95. The van der Waals surface area contributed by atoms with E-state index in [1.807, 2.05) is 0 Å². The number of amides is 2. The lowest BCUT2D eigenvalue weighted by Gasteiger charge is -2.53. The van der Waals surface area contributed by atoms with E-state index in [9.17, 15) is 27.2 Å².